The molecule has 1 aliphatic rings. The van der Waals surface area contributed by atoms with Crippen molar-refractivity contribution in [3.8, 4) is 6.07 Å². The molecule has 1 fully saturated rings. The average Bonchev–Trinajstić information content (AvgIpc) is 2.87. The molecule has 3 amide bonds. The van der Waals surface area contributed by atoms with E-state index in [2.05, 4.69) is 21.4 Å². The summed E-state index contributed by atoms with van der Waals surface area (Å²) in [6, 6.07) is 14.5. The van der Waals surface area contributed by atoms with Crippen molar-refractivity contribution in [2.45, 2.75) is 39.0 Å². The van der Waals surface area contributed by atoms with E-state index < -0.39 is 16.1 Å². The van der Waals surface area contributed by atoms with Crippen LogP contribution in [-0.2, 0) is 10.0 Å². The number of anilines is 1. The second-order valence-electron chi connectivity index (χ2n) is 8.92. The maximum absolute atomic E-state index is 13.1. The topological polar surface area (TPSA) is 131 Å². The lowest BCUT2D eigenvalue weighted by molar-refractivity contribution is 0.0713. The summed E-state index contributed by atoms with van der Waals surface area (Å²) in [5.74, 6) is 0.320. The molecule has 0 bridgehead atoms. The van der Waals surface area contributed by atoms with Gasteiger partial charge in [0.25, 0.3) is 5.91 Å². The van der Waals surface area contributed by atoms with Crippen LogP contribution in [0.15, 0.2) is 42.5 Å². The SMILES string of the molecule is CCCS(=O)(=O)NCCNC(=O)Nc1cc(C(=O)N2CCC(c3ccc(C#N)cc3)CC2)ccc1C. The molecule has 9 nitrogen and oxygen atoms in total. The van der Waals surface area contributed by atoms with Crippen LogP contribution in [0.5, 0.6) is 0 Å². The summed E-state index contributed by atoms with van der Waals surface area (Å²) in [4.78, 5) is 27.3. The summed E-state index contributed by atoms with van der Waals surface area (Å²) in [5, 5.41) is 14.3. The Bertz CT molecular complexity index is 1210. The number of aryl methyl sites for hydroxylation is 1. The molecule has 0 radical (unpaired) electrons. The van der Waals surface area contributed by atoms with Crippen molar-refractivity contribution in [1.29, 1.82) is 5.26 Å². The van der Waals surface area contributed by atoms with Crippen molar-refractivity contribution in [3.05, 3.63) is 64.7 Å². The third-order valence-electron chi connectivity index (χ3n) is 6.23. The first-order valence-electron chi connectivity index (χ1n) is 12.1. The van der Waals surface area contributed by atoms with Gasteiger partial charge in [0.1, 0.15) is 0 Å². The monoisotopic (exact) mass is 511 g/mol. The number of nitrogens with one attached hydrogen (secondary N) is 3. The highest BCUT2D eigenvalue weighted by Gasteiger charge is 2.25. The van der Waals surface area contributed by atoms with Gasteiger partial charge in [-0.25, -0.2) is 17.9 Å². The van der Waals surface area contributed by atoms with E-state index in [1.165, 1.54) is 5.56 Å². The molecule has 0 unspecified atom stereocenters. The molecule has 0 atom stereocenters. The average molecular weight is 512 g/mol. The number of nitriles is 1. The molecule has 36 heavy (non-hydrogen) atoms. The minimum Gasteiger partial charge on any atom is -0.339 e. The van der Waals surface area contributed by atoms with Gasteiger partial charge in [-0.3, -0.25) is 4.79 Å². The fraction of sp³-hybridized carbons (Fsp3) is 0.423. The fourth-order valence-electron chi connectivity index (χ4n) is 4.21. The molecule has 1 saturated heterocycles. The van der Waals surface area contributed by atoms with E-state index in [4.69, 9.17) is 5.26 Å². The Morgan fingerprint density at radius 3 is 2.42 bits per heavy atom. The lowest BCUT2D eigenvalue weighted by Crippen LogP contribution is -2.38. The van der Waals surface area contributed by atoms with Crippen LogP contribution >= 0.6 is 0 Å². The second-order valence-corrected chi connectivity index (χ2v) is 10.9. The van der Waals surface area contributed by atoms with Gasteiger partial charge in [0.05, 0.1) is 17.4 Å². The van der Waals surface area contributed by atoms with E-state index in [9.17, 15) is 18.0 Å². The lowest BCUT2D eigenvalue weighted by Gasteiger charge is -2.32. The first-order valence-corrected chi connectivity index (χ1v) is 13.8. The van der Waals surface area contributed by atoms with Gasteiger partial charge in [0.15, 0.2) is 0 Å². The number of rotatable bonds is 9. The van der Waals surface area contributed by atoms with Crippen molar-refractivity contribution < 1.29 is 18.0 Å². The van der Waals surface area contributed by atoms with Gasteiger partial charge in [0, 0.05) is 37.4 Å². The number of amides is 3. The molecule has 3 N–H and O–H groups in total. The molecule has 0 spiro atoms. The molecule has 0 aromatic heterocycles. The van der Waals surface area contributed by atoms with E-state index in [0.717, 1.165) is 18.4 Å². The first-order chi connectivity index (χ1) is 17.2. The minimum atomic E-state index is -3.32. The van der Waals surface area contributed by atoms with Gasteiger partial charge in [-0.2, -0.15) is 5.26 Å². The van der Waals surface area contributed by atoms with Crippen molar-refractivity contribution in [3.63, 3.8) is 0 Å². The zero-order valence-electron chi connectivity index (χ0n) is 20.7. The number of carbonyl (C=O) groups excluding carboxylic acids is 2. The zero-order valence-corrected chi connectivity index (χ0v) is 21.5. The summed E-state index contributed by atoms with van der Waals surface area (Å²) in [6.07, 6.45) is 2.21. The summed E-state index contributed by atoms with van der Waals surface area (Å²) in [5.41, 5.74) is 3.66. The van der Waals surface area contributed by atoms with Gasteiger partial charge >= 0.3 is 6.03 Å². The molecule has 1 aliphatic heterocycles. The molecule has 3 rings (SSSR count). The third-order valence-corrected chi connectivity index (χ3v) is 7.82. The quantitative estimate of drug-likeness (QED) is 0.445. The number of hydrogen-bond donors (Lipinski definition) is 3. The van der Waals surface area contributed by atoms with Gasteiger partial charge in [-0.1, -0.05) is 25.1 Å². The minimum absolute atomic E-state index is 0.0479. The molecule has 2 aromatic carbocycles. The Morgan fingerprint density at radius 2 is 1.78 bits per heavy atom. The Kier molecular flexibility index (Phi) is 9.44. The maximum Gasteiger partial charge on any atom is 0.319 e. The Balaban J connectivity index is 1.52. The molecular formula is C26H33N5O4S. The predicted octanol–water partition coefficient (Wildman–Crippen LogP) is 3.34. The van der Waals surface area contributed by atoms with Crippen LogP contribution < -0.4 is 15.4 Å². The zero-order chi connectivity index (χ0) is 26.1. The predicted molar refractivity (Wildman–Crippen MR) is 139 cm³/mol. The fourth-order valence-corrected chi connectivity index (χ4v) is 5.30. The molecule has 2 aromatic rings. The standard InChI is InChI=1S/C26H33N5O4S/c1-3-16-36(34,35)29-13-12-28-26(33)30-24-17-23(7-4-19(24)2)25(32)31-14-10-22(11-15-31)21-8-5-20(18-27)6-9-21/h4-9,17,22,29H,3,10-16H2,1-2H3,(H2,28,30,33). The van der Waals surface area contributed by atoms with Crippen LogP contribution in [0, 0.1) is 18.3 Å². The highest BCUT2D eigenvalue weighted by molar-refractivity contribution is 7.89. The number of nitrogens with zero attached hydrogens (tertiary/aromatic N) is 2. The smallest absolute Gasteiger partial charge is 0.319 e. The first kappa shape index (κ1) is 27.2. The van der Waals surface area contributed by atoms with Crippen molar-refractivity contribution in [2.75, 3.05) is 37.2 Å². The number of urea groups is 1. The molecule has 10 heteroatoms. The highest BCUT2D eigenvalue weighted by Crippen LogP contribution is 2.29. The summed E-state index contributed by atoms with van der Waals surface area (Å²) >= 11 is 0. The van der Waals surface area contributed by atoms with E-state index >= 15 is 0 Å². The molecule has 192 valence electrons. The lowest BCUT2D eigenvalue weighted by atomic mass is 9.89. The number of piperidine rings is 1. The largest absolute Gasteiger partial charge is 0.339 e. The van der Waals surface area contributed by atoms with Crippen LogP contribution in [0.25, 0.3) is 0 Å². The molecule has 0 aliphatic carbocycles. The normalized spacial score (nSPS) is 14.2. The van der Waals surface area contributed by atoms with Crippen molar-refractivity contribution in [2.24, 2.45) is 0 Å². The second kappa shape index (κ2) is 12.5. The number of sulfonamides is 1. The number of likely N-dealkylation sites (tertiary alicyclic amines) is 1. The molecule has 1 heterocycles. The van der Waals surface area contributed by atoms with Crippen molar-refractivity contribution in [1.82, 2.24) is 14.9 Å². The molecular weight excluding hydrogens is 478 g/mol. The number of benzene rings is 2. The summed E-state index contributed by atoms with van der Waals surface area (Å²) in [7, 11) is -3.32. The van der Waals surface area contributed by atoms with E-state index in [0.29, 0.717) is 42.2 Å². The number of hydrogen-bond acceptors (Lipinski definition) is 5. The summed E-state index contributed by atoms with van der Waals surface area (Å²) < 4.78 is 25.8. The number of carbonyl (C=O) groups is 2. The van der Waals surface area contributed by atoms with Crippen molar-refractivity contribution >= 4 is 27.6 Å². The van der Waals surface area contributed by atoms with Crippen LogP contribution in [0.1, 0.15) is 59.2 Å². The highest BCUT2D eigenvalue weighted by atomic mass is 32.2. The van der Waals surface area contributed by atoms with Crippen LogP contribution in [0.3, 0.4) is 0 Å². The van der Waals surface area contributed by atoms with Gasteiger partial charge in [-0.15, -0.1) is 0 Å². The van der Waals surface area contributed by atoms with E-state index in [1.54, 1.807) is 25.1 Å². The van der Waals surface area contributed by atoms with Crippen LogP contribution in [0.4, 0.5) is 10.5 Å². The van der Waals surface area contributed by atoms with E-state index in [1.807, 2.05) is 36.1 Å². The Labute approximate surface area is 212 Å². The van der Waals surface area contributed by atoms with Gasteiger partial charge < -0.3 is 15.5 Å². The Hall–Kier alpha value is -3.42. The third kappa shape index (κ3) is 7.54. The Morgan fingerprint density at radius 1 is 1.08 bits per heavy atom. The van der Waals surface area contributed by atoms with Crippen LogP contribution in [-0.4, -0.2) is 57.2 Å². The summed E-state index contributed by atoms with van der Waals surface area (Å²) in [6.45, 7) is 5.13. The van der Waals surface area contributed by atoms with Gasteiger partial charge in [0.2, 0.25) is 10.0 Å². The van der Waals surface area contributed by atoms with Crippen LogP contribution in [0.2, 0.25) is 0 Å². The maximum atomic E-state index is 13.1. The molecule has 0 saturated carbocycles. The van der Waals surface area contributed by atoms with E-state index in [-0.39, 0.29) is 24.7 Å². The van der Waals surface area contributed by atoms with Gasteiger partial charge in [-0.05, 0) is 67.5 Å².